The molecule has 20 heavy (non-hydrogen) atoms. The summed E-state index contributed by atoms with van der Waals surface area (Å²) in [6.45, 7) is 5.79. The van der Waals surface area contributed by atoms with Crippen molar-refractivity contribution in [1.82, 2.24) is 9.38 Å². The highest BCUT2D eigenvalue weighted by Gasteiger charge is 2.15. The Kier molecular flexibility index (Phi) is 2.74. The first kappa shape index (κ1) is 12.7. The zero-order chi connectivity index (χ0) is 14.4. The zero-order valence-corrected chi connectivity index (χ0v) is 11.6. The van der Waals surface area contributed by atoms with E-state index in [1.165, 1.54) is 12.3 Å². The van der Waals surface area contributed by atoms with E-state index in [1.807, 2.05) is 20.8 Å². The van der Waals surface area contributed by atoms with Gasteiger partial charge in [0.05, 0.1) is 5.69 Å². The van der Waals surface area contributed by atoms with E-state index in [4.69, 9.17) is 0 Å². The van der Waals surface area contributed by atoms with Crippen LogP contribution in [0.2, 0.25) is 0 Å². The summed E-state index contributed by atoms with van der Waals surface area (Å²) >= 11 is 0. The number of nitrogens with zero attached hydrogens (tertiary/aromatic N) is 2. The largest absolute Gasteiger partial charge is 0.508 e. The van der Waals surface area contributed by atoms with Crippen molar-refractivity contribution in [3.8, 4) is 17.0 Å². The highest BCUT2D eigenvalue weighted by Crippen LogP contribution is 2.32. The van der Waals surface area contributed by atoms with Crippen LogP contribution in [-0.2, 0) is 0 Å². The molecule has 0 aliphatic rings. The number of benzene rings is 1. The van der Waals surface area contributed by atoms with Crippen molar-refractivity contribution in [2.24, 2.45) is 0 Å². The molecule has 0 unspecified atom stereocenters. The number of pyridine rings is 1. The van der Waals surface area contributed by atoms with Gasteiger partial charge in [0.1, 0.15) is 17.2 Å². The minimum absolute atomic E-state index is 0.246. The van der Waals surface area contributed by atoms with Crippen LogP contribution in [0.1, 0.15) is 16.8 Å². The number of phenols is 1. The van der Waals surface area contributed by atoms with Gasteiger partial charge in [-0.1, -0.05) is 0 Å². The number of imidazole rings is 1. The first-order valence-electron chi connectivity index (χ1n) is 6.42. The molecule has 0 fully saturated rings. The molecule has 0 saturated heterocycles. The van der Waals surface area contributed by atoms with Gasteiger partial charge >= 0.3 is 0 Å². The Bertz CT molecular complexity index is 798. The minimum Gasteiger partial charge on any atom is -0.508 e. The number of aromatic hydroxyl groups is 1. The van der Waals surface area contributed by atoms with E-state index in [1.54, 1.807) is 22.6 Å². The van der Waals surface area contributed by atoms with E-state index >= 15 is 0 Å². The number of rotatable bonds is 1. The van der Waals surface area contributed by atoms with Crippen LogP contribution < -0.4 is 0 Å². The van der Waals surface area contributed by atoms with Gasteiger partial charge in [0.2, 0.25) is 0 Å². The fourth-order valence-corrected chi connectivity index (χ4v) is 2.69. The molecule has 0 atom stereocenters. The van der Waals surface area contributed by atoms with Crippen LogP contribution in [0.5, 0.6) is 5.75 Å². The third kappa shape index (κ3) is 1.84. The third-order valence-corrected chi connectivity index (χ3v) is 3.58. The van der Waals surface area contributed by atoms with Crippen molar-refractivity contribution in [3.05, 3.63) is 53.1 Å². The molecular weight excluding hydrogens is 255 g/mol. The molecule has 0 spiro atoms. The average Bonchev–Trinajstić information content (AvgIpc) is 2.66. The molecule has 0 bridgehead atoms. The van der Waals surface area contributed by atoms with Crippen molar-refractivity contribution in [2.75, 3.05) is 0 Å². The van der Waals surface area contributed by atoms with Gasteiger partial charge in [0.15, 0.2) is 0 Å². The molecule has 3 rings (SSSR count). The van der Waals surface area contributed by atoms with E-state index in [0.717, 1.165) is 28.1 Å². The number of aryl methyl sites for hydroxylation is 3. The second-order valence-electron chi connectivity index (χ2n) is 5.08. The molecular formula is C16H15FN2O. The summed E-state index contributed by atoms with van der Waals surface area (Å²) in [7, 11) is 0. The first-order chi connectivity index (χ1) is 9.47. The molecule has 2 aromatic heterocycles. The topological polar surface area (TPSA) is 37.5 Å². The SMILES string of the molecule is Cc1cc(O)cc(C)c1-c1nc2ccc(F)cn2c1C. The molecule has 0 saturated carbocycles. The lowest BCUT2D eigenvalue weighted by molar-refractivity contribution is 0.474. The third-order valence-electron chi connectivity index (χ3n) is 3.58. The summed E-state index contributed by atoms with van der Waals surface area (Å²) < 4.78 is 15.1. The van der Waals surface area contributed by atoms with E-state index < -0.39 is 0 Å². The van der Waals surface area contributed by atoms with Crippen LogP contribution >= 0.6 is 0 Å². The molecule has 2 heterocycles. The Labute approximate surface area is 116 Å². The van der Waals surface area contributed by atoms with Crippen LogP contribution in [0.3, 0.4) is 0 Å². The summed E-state index contributed by atoms with van der Waals surface area (Å²) in [4.78, 5) is 4.59. The molecule has 1 N–H and O–H groups in total. The zero-order valence-electron chi connectivity index (χ0n) is 11.6. The van der Waals surface area contributed by atoms with Crippen LogP contribution in [0, 0.1) is 26.6 Å². The van der Waals surface area contributed by atoms with Crippen molar-refractivity contribution < 1.29 is 9.50 Å². The Morgan fingerprint density at radius 2 is 1.75 bits per heavy atom. The predicted octanol–water partition coefficient (Wildman–Crippen LogP) is 3.77. The van der Waals surface area contributed by atoms with Gasteiger partial charge < -0.3 is 9.51 Å². The Balaban J connectivity index is 2.33. The van der Waals surface area contributed by atoms with Crippen molar-refractivity contribution >= 4 is 5.65 Å². The van der Waals surface area contributed by atoms with Gasteiger partial charge in [0, 0.05) is 17.5 Å². The average molecular weight is 270 g/mol. The maximum absolute atomic E-state index is 13.4. The summed E-state index contributed by atoms with van der Waals surface area (Å²) in [5.41, 5.74) is 5.32. The molecule has 102 valence electrons. The number of hydrogen-bond donors (Lipinski definition) is 1. The monoisotopic (exact) mass is 270 g/mol. The number of phenolic OH excluding ortho intramolecular Hbond substituents is 1. The second kappa shape index (κ2) is 4.34. The van der Waals surface area contributed by atoms with Crippen molar-refractivity contribution in [3.63, 3.8) is 0 Å². The number of fused-ring (bicyclic) bond motifs is 1. The normalized spacial score (nSPS) is 11.2. The molecule has 3 aromatic rings. The second-order valence-corrected chi connectivity index (χ2v) is 5.08. The standard InChI is InChI=1S/C16H15FN2O/c1-9-6-13(20)7-10(2)15(9)16-11(3)19-8-12(17)4-5-14(19)18-16/h4-8,20H,1-3H3. The maximum Gasteiger partial charge on any atom is 0.139 e. The van der Waals surface area contributed by atoms with E-state index in [2.05, 4.69) is 4.98 Å². The smallest absolute Gasteiger partial charge is 0.139 e. The lowest BCUT2D eigenvalue weighted by Crippen LogP contribution is -1.92. The van der Waals surface area contributed by atoms with Gasteiger partial charge in [-0.05, 0) is 56.2 Å². The summed E-state index contributed by atoms with van der Waals surface area (Å²) in [5, 5.41) is 9.64. The molecule has 3 nitrogen and oxygen atoms in total. The van der Waals surface area contributed by atoms with E-state index in [9.17, 15) is 9.50 Å². The number of halogens is 1. The summed E-state index contributed by atoms with van der Waals surface area (Å²) in [5.74, 6) is -0.0417. The Morgan fingerprint density at radius 1 is 1.10 bits per heavy atom. The highest BCUT2D eigenvalue weighted by molar-refractivity contribution is 5.73. The van der Waals surface area contributed by atoms with Crippen LogP contribution in [-0.4, -0.2) is 14.5 Å². The summed E-state index contributed by atoms with van der Waals surface area (Å²) in [6, 6.07) is 6.50. The number of aromatic nitrogens is 2. The molecule has 0 amide bonds. The van der Waals surface area contributed by atoms with Crippen LogP contribution in [0.15, 0.2) is 30.5 Å². The molecule has 0 radical (unpaired) electrons. The summed E-state index contributed by atoms with van der Waals surface area (Å²) in [6.07, 6.45) is 1.44. The van der Waals surface area contributed by atoms with Gasteiger partial charge in [-0.25, -0.2) is 9.37 Å². The first-order valence-corrected chi connectivity index (χ1v) is 6.42. The molecule has 1 aromatic carbocycles. The molecule has 0 aliphatic heterocycles. The maximum atomic E-state index is 13.4. The lowest BCUT2D eigenvalue weighted by Gasteiger charge is -2.09. The van der Waals surface area contributed by atoms with Crippen LogP contribution in [0.4, 0.5) is 4.39 Å². The van der Waals surface area contributed by atoms with Gasteiger partial charge in [-0.2, -0.15) is 0 Å². The highest BCUT2D eigenvalue weighted by atomic mass is 19.1. The predicted molar refractivity (Wildman–Crippen MR) is 76.5 cm³/mol. The van der Waals surface area contributed by atoms with Crippen molar-refractivity contribution in [2.45, 2.75) is 20.8 Å². The molecule has 0 aliphatic carbocycles. The van der Waals surface area contributed by atoms with Crippen molar-refractivity contribution in [1.29, 1.82) is 0 Å². The van der Waals surface area contributed by atoms with Gasteiger partial charge in [-0.15, -0.1) is 0 Å². The quantitative estimate of drug-likeness (QED) is 0.731. The fraction of sp³-hybridized carbons (Fsp3) is 0.188. The lowest BCUT2D eigenvalue weighted by atomic mass is 9.98. The van der Waals surface area contributed by atoms with Gasteiger partial charge in [-0.3, -0.25) is 0 Å². The fourth-order valence-electron chi connectivity index (χ4n) is 2.69. The Hall–Kier alpha value is -2.36. The van der Waals surface area contributed by atoms with E-state index in [0.29, 0.717) is 5.65 Å². The number of hydrogen-bond acceptors (Lipinski definition) is 2. The van der Waals surface area contributed by atoms with Gasteiger partial charge in [0.25, 0.3) is 0 Å². The van der Waals surface area contributed by atoms with Crippen LogP contribution in [0.25, 0.3) is 16.9 Å². The Morgan fingerprint density at radius 3 is 2.40 bits per heavy atom. The molecule has 4 heteroatoms. The van der Waals surface area contributed by atoms with E-state index in [-0.39, 0.29) is 11.6 Å². The minimum atomic E-state index is -0.288.